The van der Waals surface area contributed by atoms with Gasteiger partial charge in [-0.1, -0.05) is 27.7 Å². The van der Waals surface area contributed by atoms with Crippen LogP contribution in [0.3, 0.4) is 0 Å². The maximum Gasteiger partial charge on any atom is 0.125 e. The van der Waals surface area contributed by atoms with Gasteiger partial charge in [-0.3, -0.25) is 0 Å². The second-order valence-electron chi connectivity index (χ2n) is 5.05. The fourth-order valence-electron chi connectivity index (χ4n) is 1.79. The minimum absolute atomic E-state index is 0.251. The van der Waals surface area contributed by atoms with Crippen LogP contribution in [0, 0.1) is 0 Å². The van der Waals surface area contributed by atoms with E-state index in [4.69, 9.17) is 9.72 Å². The van der Waals surface area contributed by atoms with Crippen LogP contribution in [-0.2, 0) is 16.9 Å². The standard InChI is InChI=1S/C14H26N2OS/c1-7-14(5,17-6)13-16-12(10(3)4)11(18-13)9-15-8-2/h10,15H,7-9H2,1-6H3. The smallest absolute Gasteiger partial charge is 0.125 e. The highest BCUT2D eigenvalue weighted by Gasteiger charge is 2.29. The second kappa shape index (κ2) is 6.64. The molecule has 1 aromatic rings. The van der Waals surface area contributed by atoms with E-state index in [1.165, 1.54) is 10.6 Å². The Morgan fingerprint density at radius 3 is 2.50 bits per heavy atom. The number of ether oxygens (including phenoxy) is 1. The molecule has 3 nitrogen and oxygen atoms in total. The summed E-state index contributed by atoms with van der Waals surface area (Å²) in [6.07, 6.45) is 0.940. The predicted molar refractivity (Wildman–Crippen MR) is 78.2 cm³/mol. The van der Waals surface area contributed by atoms with Crippen molar-refractivity contribution in [2.24, 2.45) is 0 Å². The lowest BCUT2D eigenvalue weighted by Gasteiger charge is -2.23. The molecule has 104 valence electrons. The summed E-state index contributed by atoms with van der Waals surface area (Å²) in [6, 6.07) is 0. The Kier molecular flexibility index (Phi) is 5.76. The summed E-state index contributed by atoms with van der Waals surface area (Å²) in [7, 11) is 1.77. The lowest BCUT2D eigenvalue weighted by molar-refractivity contribution is -0.00168. The summed E-state index contributed by atoms with van der Waals surface area (Å²) in [6.45, 7) is 12.7. The molecule has 0 fully saturated rings. The van der Waals surface area contributed by atoms with Crippen LogP contribution in [0.1, 0.15) is 62.5 Å². The molecule has 1 aromatic heterocycles. The Morgan fingerprint density at radius 1 is 1.39 bits per heavy atom. The molecule has 0 aliphatic heterocycles. The van der Waals surface area contributed by atoms with Crippen LogP contribution >= 0.6 is 11.3 Å². The summed E-state index contributed by atoms with van der Waals surface area (Å²) < 4.78 is 5.65. The molecule has 4 heteroatoms. The number of nitrogens with one attached hydrogen (secondary N) is 1. The van der Waals surface area contributed by atoms with Crippen LogP contribution in [0.5, 0.6) is 0 Å². The van der Waals surface area contributed by atoms with Gasteiger partial charge >= 0.3 is 0 Å². The Morgan fingerprint density at radius 2 is 2.06 bits per heavy atom. The minimum atomic E-state index is -0.251. The molecule has 0 bridgehead atoms. The fourth-order valence-corrected chi connectivity index (χ4v) is 3.17. The largest absolute Gasteiger partial charge is 0.371 e. The number of thiazole rings is 1. The molecule has 1 unspecified atom stereocenters. The second-order valence-corrected chi connectivity index (χ2v) is 6.13. The third-order valence-corrected chi connectivity index (χ3v) is 4.70. The quantitative estimate of drug-likeness (QED) is 0.821. The van der Waals surface area contributed by atoms with Gasteiger partial charge in [-0.2, -0.15) is 0 Å². The van der Waals surface area contributed by atoms with E-state index in [-0.39, 0.29) is 5.60 Å². The molecular formula is C14H26N2OS. The summed E-state index contributed by atoms with van der Waals surface area (Å²) in [5, 5.41) is 4.49. The highest BCUT2D eigenvalue weighted by molar-refractivity contribution is 7.11. The van der Waals surface area contributed by atoms with Crippen molar-refractivity contribution in [1.29, 1.82) is 0 Å². The van der Waals surface area contributed by atoms with E-state index in [9.17, 15) is 0 Å². The molecule has 0 aromatic carbocycles. The first kappa shape index (κ1) is 15.6. The summed E-state index contributed by atoms with van der Waals surface area (Å²) in [4.78, 5) is 6.18. The minimum Gasteiger partial charge on any atom is -0.371 e. The van der Waals surface area contributed by atoms with Crippen LogP contribution in [0.25, 0.3) is 0 Å². The zero-order valence-corrected chi connectivity index (χ0v) is 13.3. The van der Waals surface area contributed by atoms with Crippen LogP contribution in [0.4, 0.5) is 0 Å². The lowest BCUT2D eigenvalue weighted by atomic mass is 10.0. The average molecular weight is 270 g/mol. The molecule has 1 rings (SSSR count). The van der Waals surface area contributed by atoms with E-state index in [2.05, 4.69) is 39.9 Å². The Labute approximate surface area is 115 Å². The van der Waals surface area contributed by atoms with E-state index < -0.39 is 0 Å². The summed E-state index contributed by atoms with van der Waals surface area (Å²) in [5.41, 5.74) is 0.964. The number of hydrogen-bond donors (Lipinski definition) is 1. The average Bonchev–Trinajstić information content (AvgIpc) is 2.80. The van der Waals surface area contributed by atoms with E-state index in [1.807, 2.05) is 0 Å². The maximum absolute atomic E-state index is 5.65. The molecule has 0 radical (unpaired) electrons. The first-order chi connectivity index (χ1) is 8.48. The third-order valence-electron chi connectivity index (χ3n) is 3.39. The fraction of sp³-hybridized carbons (Fsp3) is 0.786. The molecule has 0 amide bonds. The SMILES string of the molecule is CCNCc1sc(C(C)(CC)OC)nc1C(C)C. The van der Waals surface area contributed by atoms with Crippen LogP contribution < -0.4 is 5.32 Å². The molecule has 0 aliphatic carbocycles. The van der Waals surface area contributed by atoms with E-state index in [0.717, 1.165) is 24.5 Å². The molecule has 0 saturated heterocycles. The first-order valence-electron chi connectivity index (χ1n) is 6.74. The highest BCUT2D eigenvalue weighted by Crippen LogP contribution is 2.35. The Bertz CT molecular complexity index is 370. The number of rotatable bonds is 7. The van der Waals surface area contributed by atoms with Gasteiger partial charge in [0.05, 0.1) is 5.69 Å². The zero-order valence-electron chi connectivity index (χ0n) is 12.5. The Hall–Kier alpha value is -0.450. The molecule has 18 heavy (non-hydrogen) atoms. The molecule has 0 spiro atoms. The van der Waals surface area contributed by atoms with Crippen molar-refractivity contribution in [3.63, 3.8) is 0 Å². The van der Waals surface area contributed by atoms with E-state index >= 15 is 0 Å². The van der Waals surface area contributed by atoms with Gasteiger partial charge in [0, 0.05) is 18.5 Å². The number of hydrogen-bond acceptors (Lipinski definition) is 4. The van der Waals surface area contributed by atoms with Crippen molar-refractivity contribution >= 4 is 11.3 Å². The molecular weight excluding hydrogens is 244 g/mol. The Balaban J connectivity index is 3.08. The van der Waals surface area contributed by atoms with Crippen molar-refractivity contribution in [3.05, 3.63) is 15.6 Å². The van der Waals surface area contributed by atoms with Crippen molar-refractivity contribution < 1.29 is 4.74 Å². The summed E-state index contributed by atoms with van der Waals surface area (Å²) in [5.74, 6) is 0.460. The number of methoxy groups -OCH3 is 1. The lowest BCUT2D eigenvalue weighted by Crippen LogP contribution is -2.22. The molecule has 1 heterocycles. The van der Waals surface area contributed by atoms with Gasteiger partial charge in [-0.05, 0) is 25.8 Å². The van der Waals surface area contributed by atoms with Gasteiger partial charge in [0.25, 0.3) is 0 Å². The number of nitrogens with zero attached hydrogens (tertiary/aromatic N) is 1. The van der Waals surface area contributed by atoms with Gasteiger partial charge in [-0.15, -0.1) is 11.3 Å². The van der Waals surface area contributed by atoms with Crippen molar-refractivity contribution in [2.75, 3.05) is 13.7 Å². The predicted octanol–water partition coefficient (Wildman–Crippen LogP) is 3.65. The maximum atomic E-state index is 5.65. The summed E-state index contributed by atoms with van der Waals surface area (Å²) >= 11 is 1.79. The van der Waals surface area contributed by atoms with Crippen LogP contribution in [0.2, 0.25) is 0 Å². The van der Waals surface area contributed by atoms with Crippen LogP contribution in [-0.4, -0.2) is 18.6 Å². The van der Waals surface area contributed by atoms with Crippen molar-refractivity contribution in [1.82, 2.24) is 10.3 Å². The van der Waals surface area contributed by atoms with Gasteiger partial charge in [-0.25, -0.2) is 4.98 Å². The van der Waals surface area contributed by atoms with Gasteiger partial charge in [0.2, 0.25) is 0 Å². The molecule has 1 N–H and O–H groups in total. The highest BCUT2D eigenvalue weighted by atomic mass is 32.1. The van der Waals surface area contributed by atoms with Gasteiger partial charge in [0.1, 0.15) is 10.6 Å². The topological polar surface area (TPSA) is 34.1 Å². The molecule has 1 atom stereocenters. The van der Waals surface area contributed by atoms with Crippen molar-refractivity contribution in [3.8, 4) is 0 Å². The first-order valence-corrected chi connectivity index (χ1v) is 7.56. The van der Waals surface area contributed by atoms with Crippen molar-refractivity contribution in [2.45, 2.75) is 59.1 Å². The zero-order chi connectivity index (χ0) is 13.8. The van der Waals surface area contributed by atoms with Gasteiger partial charge < -0.3 is 10.1 Å². The van der Waals surface area contributed by atoms with E-state index in [1.54, 1.807) is 18.4 Å². The normalized spacial score (nSPS) is 15.1. The molecule has 0 aliphatic rings. The van der Waals surface area contributed by atoms with E-state index in [0.29, 0.717) is 5.92 Å². The number of aromatic nitrogens is 1. The monoisotopic (exact) mass is 270 g/mol. The molecule has 0 saturated carbocycles. The third kappa shape index (κ3) is 3.31. The van der Waals surface area contributed by atoms with Crippen LogP contribution in [0.15, 0.2) is 0 Å². The van der Waals surface area contributed by atoms with Gasteiger partial charge in [0.15, 0.2) is 0 Å².